The highest BCUT2D eigenvalue weighted by Gasteiger charge is 2.76. The highest BCUT2D eigenvalue weighted by atomic mass is 35.5. The summed E-state index contributed by atoms with van der Waals surface area (Å²) >= 11 is 14.3. The van der Waals surface area contributed by atoms with Crippen LogP contribution < -0.4 is 4.74 Å². The van der Waals surface area contributed by atoms with Crippen molar-refractivity contribution in [2.45, 2.75) is 35.1 Å². The Morgan fingerprint density at radius 2 is 1.72 bits per heavy atom. The molecular weight excluding hydrogens is 543 g/mol. The van der Waals surface area contributed by atoms with E-state index in [9.17, 15) is 24.3 Å². The number of allylic oxidation sites excluding steroid dienone is 2. The molecule has 1 saturated carbocycles. The third-order valence-electron chi connectivity index (χ3n) is 8.84. The van der Waals surface area contributed by atoms with Gasteiger partial charge in [0.15, 0.2) is 9.75 Å². The van der Waals surface area contributed by atoms with Crippen molar-refractivity contribution in [2.24, 2.45) is 17.8 Å². The average molecular weight is 569 g/mol. The fourth-order valence-electron chi connectivity index (χ4n) is 6.97. The predicted octanol–water partition coefficient (Wildman–Crippen LogP) is 3.59. The molecule has 2 aliphatic carbocycles. The number of aromatic hydroxyl groups is 1. The van der Waals surface area contributed by atoms with Crippen LogP contribution in [0.2, 0.25) is 0 Å². The number of amides is 4. The van der Waals surface area contributed by atoms with Crippen molar-refractivity contribution in [3.05, 3.63) is 71.3 Å². The summed E-state index contributed by atoms with van der Waals surface area (Å²) in [6, 6.07) is 13.9. The first-order valence-electron chi connectivity index (χ1n) is 12.7. The molecule has 0 radical (unpaired) electrons. The predicted molar refractivity (Wildman–Crippen MR) is 142 cm³/mol. The van der Waals surface area contributed by atoms with Crippen molar-refractivity contribution in [1.29, 1.82) is 0 Å². The first-order chi connectivity index (χ1) is 18.5. The molecule has 2 aliphatic heterocycles. The van der Waals surface area contributed by atoms with Gasteiger partial charge in [-0.3, -0.25) is 29.0 Å². The topological polar surface area (TPSA) is 104 Å². The van der Waals surface area contributed by atoms with Gasteiger partial charge < -0.3 is 9.84 Å². The Bertz CT molecular complexity index is 1460. The second kappa shape index (κ2) is 8.83. The Morgan fingerprint density at radius 1 is 1.00 bits per heavy atom. The molecule has 1 N–H and O–H groups in total. The van der Waals surface area contributed by atoms with Crippen molar-refractivity contribution in [3.8, 4) is 11.5 Å². The van der Waals surface area contributed by atoms with Crippen molar-refractivity contribution < 1.29 is 29.0 Å². The zero-order valence-electron chi connectivity index (χ0n) is 21.3. The Balaban J connectivity index is 1.48. The maximum absolute atomic E-state index is 13.9. The number of alkyl halides is 2. The van der Waals surface area contributed by atoms with Crippen LogP contribution in [0.1, 0.15) is 29.9 Å². The van der Waals surface area contributed by atoms with E-state index in [1.165, 1.54) is 25.1 Å². The van der Waals surface area contributed by atoms with E-state index in [1.807, 2.05) is 36.4 Å². The van der Waals surface area contributed by atoms with Crippen molar-refractivity contribution >= 4 is 46.8 Å². The molecule has 10 heteroatoms. The number of ether oxygens (including phenoxy) is 1. The van der Waals surface area contributed by atoms with Crippen LogP contribution in [0.4, 0.5) is 0 Å². The van der Waals surface area contributed by atoms with E-state index in [0.717, 1.165) is 10.5 Å². The number of fused-ring (bicyclic) bond motifs is 4. The lowest BCUT2D eigenvalue weighted by atomic mass is 9.56. The Labute approximate surface area is 235 Å². The van der Waals surface area contributed by atoms with Gasteiger partial charge in [0.25, 0.3) is 11.8 Å². The molecular formula is C29H26Cl2N2O6. The second-order valence-corrected chi connectivity index (χ2v) is 11.9. The van der Waals surface area contributed by atoms with Gasteiger partial charge in [0.05, 0.1) is 25.5 Å². The third kappa shape index (κ3) is 3.37. The van der Waals surface area contributed by atoms with Gasteiger partial charge in [-0.15, -0.1) is 23.2 Å². The number of likely N-dealkylation sites (tertiary alicyclic amines) is 2. The van der Waals surface area contributed by atoms with Crippen LogP contribution in [-0.4, -0.2) is 62.4 Å². The quantitative estimate of drug-likeness (QED) is 0.343. The molecule has 6 rings (SSSR count). The van der Waals surface area contributed by atoms with Gasteiger partial charge in [-0.05, 0) is 30.4 Å². The summed E-state index contributed by atoms with van der Waals surface area (Å²) in [7, 11) is 2.79. The fraction of sp³-hybridized carbons (Fsp3) is 0.379. The zero-order valence-corrected chi connectivity index (χ0v) is 22.8. The third-order valence-corrected chi connectivity index (χ3v) is 10.3. The number of nitrogens with zero attached hydrogens (tertiary/aromatic N) is 2. The largest absolute Gasteiger partial charge is 0.508 e. The fourth-order valence-corrected chi connectivity index (χ4v) is 7.98. The van der Waals surface area contributed by atoms with Crippen LogP contribution in [-0.2, 0) is 25.7 Å². The summed E-state index contributed by atoms with van der Waals surface area (Å²) in [5, 5.41) is 11.0. The van der Waals surface area contributed by atoms with Gasteiger partial charge in [0.2, 0.25) is 11.8 Å². The molecule has 6 atom stereocenters. The number of carbonyl (C=O) groups excluding carboxylic acids is 4. The van der Waals surface area contributed by atoms with E-state index in [-0.39, 0.29) is 37.0 Å². The van der Waals surface area contributed by atoms with Crippen LogP contribution in [0.25, 0.3) is 0 Å². The van der Waals surface area contributed by atoms with Crippen LogP contribution in [0.5, 0.6) is 11.5 Å². The molecule has 202 valence electrons. The van der Waals surface area contributed by atoms with Gasteiger partial charge in [0.1, 0.15) is 11.5 Å². The van der Waals surface area contributed by atoms with Gasteiger partial charge in [-0.2, -0.15) is 0 Å². The Morgan fingerprint density at radius 3 is 2.38 bits per heavy atom. The summed E-state index contributed by atoms with van der Waals surface area (Å²) in [4.78, 5) is 52.8. The number of hydrogen-bond donors (Lipinski definition) is 1. The summed E-state index contributed by atoms with van der Waals surface area (Å²) in [6.07, 6.45) is 2.01. The normalized spacial score (nSPS) is 33.6. The second-order valence-electron chi connectivity index (χ2n) is 10.7. The maximum atomic E-state index is 13.9. The molecule has 0 spiro atoms. The molecule has 2 saturated heterocycles. The Hall–Kier alpha value is -3.36. The lowest BCUT2D eigenvalue weighted by molar-refractivity contribution is -0.141. The van der Waals surface area contributed by atoms with Crippen LogP contribution in [0.3, 0.4) is 0 Å². The number of phenols is 1. The number of imide groups is 2. The van der Waals surface area contributed by atoms with Crippen molar-refractivity contribution in [2.75, 3.05) is 14.2 Å². The molecule has 8 nitrogen and oxygen atoms in total. The van der Waals surface area contributed by atoms with Crippen molar-refractivity contribution in [1.82, 2.24) is 9.80 Å². The van der Waals surface area contributed by atoms with Crippen LogP contribution in [0.15, 0.2) is 60.2 Å². The molecule has 4 amide bonds. The monoisotopic (exact) mass is 568 g/mol. The van der Waals surface area contributed by atoms with Gasteiger partial charge in [-0.1, -0.05) is 48.0 Å². The minimum Gasteiger partial charge on any atom is -0.508 e. The van der Waals surface area contributed by atoms with Crippen molar-refractivity contribution in [3.63, 3.8) is 0 Å². The minimum absolute atomic E-state index is 0.0917. The highest BCUT2D eigenvalue weighted by molar-refractivity contribution is 6.53. The standard InChI is InChI=1S/C29H26Cl2N2O6/c1-32-26(37)28(30)13-20-17(23(29(28,31)27(32)38)18-9-8-16(39-2)12-21(18)34)10-11-19-22(20)25(36)33(24(19)35)14-15-6-4-3-5-7-15/h3-10,12,19-20,22-23,34H,11,13-14H2,1-2H3/t19-,20+,22-,23+,28+,29-/m0/s1. The molecule has 2 heterocycles. The van der Waals surface area contributed by atoms with Crippen LogP contribution in [0, 0.1) is 17.8 Å². The lowest BCUT2D eigenvalue weighted by Gasteiger charge is -2.50. The van der Waals surface area contributed by atoms with Gasteiger partial charge in [0, 0.05) is 24.6 Å². The average Bonchev–Trinajstić information content (AvgIpc) is 3.24. The molecule has 0 unspecified atom stereocenters. The van der Waals surface area contributed by atoms with E-state index < -0.39 is 45.2 Å². The smallest absolute Gasteiger partial charge is 0.253 e. The molecule has 2 aromatic carbocycles. The number of halogens is 2. The van der Waals surface area contributed by atoms with Gasteiger partial charge >= 0.3 is 0 Å². The number of carbonyl (C=O) groups is 4. The number of methoxy groups -OCH3 is 1. The number of rotatable bonds is 4. The zero-order chi connectivity index (χ0) is 27.9. The summed E-state index contributed by atoms with van der Waals surface area (Å²) in [6.45, 7) is 0.141. The SMILES string of the molecule is COc1ccc([C@H]2C3=CC[C@@H]4C(=O)N(Cc5ccccc5)C(=O)[C@@H]4[C@@H]3C[C@@]3(Cl)C(=O)N(C)C(=O)[C@@]23Cl)c(O)c1. The summed E-state index contributed by atoms with van der Waals surface area (Å²) in [5.41, 5.74) is 1.74. The number of phenolic OH excluding ortho intramolecular Hbond substituents is 1. The molecule has 0 aromatic heterocycles. The van der Waals surface area contributed by atoms with E-state index in [1.54, 1.807) is 12.1 Å². The molecule has 0 bridgehead atoms. The van der Waals surface area contributed by atoms with E-state index >= 15 is 0 Å². The molecule has 4 aliphatic rings. The summed E-state index contributed by atoms with van der Waals surface area (Å²) < 4.78 is 5.22. The number of benzene rings is 2. The van der Waals surface area contributed by atoms with Gasteiger partial charge in [-0.25, -0.2) is 0 Å². The first kappa shape index (κ1) is 25.9. The summed E-state index contributed by atoms with van der Waals surface area (Å²) in [5.74, 6) is -4.79. The van der Waals surface area contributed by atoms with E-state index in [4.69, 9.17) is 27.9 Å². The Kier molecular flexibility index (Phi) is 5.86. The molecule has 2 aromatic rings. The minimum atomic E-state index is -1.95. The van der Waals surface area contributed by atoms with E-state index in [2.05, 4.69) is 0 Å². The lowest BCUT2D eigenvalue weighted by Crippen LogP contribution is -2.60. The van der Waals surface area contributed by atoms with E-state index in [0.29, 0.717) is 16.9 Å². The molecule has 39 heavy (non-hydrogen) atoms. The maximum Gasteiger partial charge on any atom is 0.253 e. The highest BCUT2D eigenvalue weighted by Crippen LogP contribution is 2.66. The first-order valence-corrected chi connectivity index (χ1v) is 13.5. The molecule has 3 fully saturated rings. The number of hydrogen-bond acceptors (Lipinski definition) is 6. The van der Waals surface area contributed by atoms with Crippen LogP contribution >= 0.6 is 23.2 Å².